The number of hydrogen-bond donors (Lipinski definition) is 1. The zero-order chi connectivity index (χ0) is 17.6. The van der Waals surface area contributed by atoms with Gasteiger partial charge >= 0.3 is 0 Å². The average Bonchev–Trinajstić information content (AvgIpc) is 3.23. The van der Waals surface area contributed by atoms with Gasteiger partial charge in [0.2, 0.25) is 11.8 Å². The smallest absolute Gasteiger partial charge is 0.241 e. The van der Waals surface area contributed by atoms with E-state index in [1.807, 2.05) is 6.07 Å². The normalized spacial score (nSPS) is 15.4. The van der Waals surface area contributed by atoms with Crippen LogP contribution in [-0.2, 0) is 22.6 Å². The highest BCUT2D eigenvalue weighted by atomic mass is 19.1. The minimum atomic E-state index is -0.299. The predicted molar refractivity (Wildman–Crippen MR) is 90.1 cm³/mol. The number of nitrogens with one attached hydrogen (secondary N) is 1. The average molecular weight is 344 g/mol. The Morgan fingerprint density at radius 2 is 2.24 bits per heavy atom. The molecule has 1 aliphatic heterocycles. The Labute approximate surface area is 145 Å². The number of rotatable bonds is 7. The van der Waals surface area contributed by atoms with E-state index in [1.165, 1.54) is 16.8 Å². The van der Waals surface area contributed by atoms with Crippen molar-refractivity contribution >= 4 is 11.8 Å². The van der Waals surface area contributed by atoms with Crippen LogP contribution in [0.1, 0.15) is 18.4 Å². The Hall–Kier alpha value is -2.70. The molecule has 25 heavy (non-hydrogen) atoms. The fraction of sp³-hybridized carbons (Fsp3) is 0.389. The molecule has 7 heteroatoms. The SMILES string of the molecule is O=C(Cn1cccn1)NCC(Cc1cccc(F)c1)N1CCCC1=O. The van der Waals surface area contributed by atoms with E-state index in [0.29, 0.717) is 25.9 Å². The van der Waals surface area contributed by atoms with Gasteiger partial charge in [-0.15, -0.1) is 0 Å². The zero-order valence-electron chi connectivity index (χ0n) is 13.9. The maximum Gasteiger partial charge on any atom is 0.241 e. The lowest BCUT2D eigenvalue weighted by atomic mass is 10.0. The Morgan fingerprint density at radius 1 is 1.36 bits per heavy atom. The molecular formula is C18H21FN4O2. The van der Waals surface area contributed by atoms with Crippen molar-refractivity contribution in [3.63, 3.8) is 0 Å². The first kappa shape index (κ1) is 17.1. The molecule has 1 aromatic heterocycles. The molecule has 3 rings (SSSR count). The molecule has 1 aliphatic rings. The van der Waals surface area contributed by atoms with Gasteiger partial charge in [0, 0.05) is 31.9 Å². The lowest BCUT2D eigenvalue weighted by Crippen LogP contribution is -2.46. The molecule has 1 aromatic carbocycles. The van der Waals surface area contributed by atoms with E-state index >= 15 is 0 Å². The first-order chi connectivity index (χ1) is 12.1. The van der Waals surface area contributed by atoms with Crippen molar-refractivity contribution in [3.8, 4) is 0 Å². The van der Waals surface area contributed by atoms with Gasteiger partial charge in [-0.2, -0.15) is 5.10 Å². The fourth-order valence-electron chi connectivity index (χ4n) is 3.11. The number of aromatic nitrogens is 2. The molecule has 1 saturated heterocycles. The molecule has 1 atom stereocenters. The standard InChI is InChI=1S/C18H21FN4O2/c19-15-5-1-4-14(10-15)11-16(23-9-2-6-18(23)25)12-20-17(24)13-22-8-3-7-21-22/h1,3-5,7-8,10,16H,2,6,9,11-13H2,(H,20,24). The van der Waals surface area contributed by atoms with Gasteiger partial charge in [0.25, 0.3) is 0 Å². The minimum absolute atomic E-state index is 0.0859. The number of likely N-dealkylation sites (tertiary alicyclic amines) is 1. The van der Waals surface area contributed by atoms with Gasteiger partial charge in [-0.1, -0.05) is 12.1 Å². The second-order valence-corrected chi connectivity index (χ2v) is 6.19. The second kappa shape index (κ2) is 7.92. The summed E-state index contributed by atoms with van der Waals surface area (Å²) in [6.07, 6.45) is 5.18. The number of hydrogen-bond acceptors (Lipinski definition) is 3. The Kier molecular flexibility index (Phi) is 5.42. The fourth-order valence-corrected chi connectivity index (χ4v) is 3.11. The third kappa shape index (κ3) is 4.65. The van der Waals surface area contributed by atoms with Crippen molar-refractivity contribution < 1.29 is 14.0 Å². The summed E-state index contributed by atoms with van der Waals surface area (Å²) < 4.78 is 15.0. The molecule has 0 spiro atoms. The van der Waals surface area contributed by atoms with Gasteiger partial charge in [0.15, 0.2) is 0 Å². The zero-order valence-corrected chi connectivity index (χ0v) is 13.9. The van der Waals surface area contributed by atoms with E-state index in [9.17, 15) is 14.0 Å². The molecule has 0 bridgehead atoms. The van der Waals surface area contributed by atoms with E-state index in [2.05, 4.69) is 10.4 Å². The van der Waals surface area contributed by atoms with Crippen LogP contribution in [0, 0.1) is 5.82 Å². The monoisotopic (exact) mass is 344 g/mol. The molecule has 132 valence electrons. The Balaban J connectivity index is 1.63. The molecule has 1 N–H and O–H groups in total. The number of nitrogens with zero attached hydrogens (tertiary/aromatic N) is 3. The highest BCUT2D eigenvalue weighted by Gasteiger charge is 2.28. The topological polar surface area (TPSA) is 67.2 Å². The quantitative estimate of drug-likeness (QED) is 0.825. The highest BCUT2D eigenvalue weighted by Crippen LogP contribution is 2.17. The summed E-state index contributed by atoms with van der Waals surface area (Å²) >= 11 is 0. The van der Waals surface area contributed by atoms with Gasteiger partial charge in [-0.05, 0) is 36.6 Å². The molecule has 0 radical (unpaired) electrons. The van der Waals surface area contributed by atoms with Crippen LogP contribution in [0.5, 0.6) is 0 Å². The summed E-state index contributed by atoms with van der Waals surface area (Å²) in [5, 5.41) is 6.87. The number of carbonyl (C=O) groups is 2. The summed E-state index contributed by atoms with van der Waals surface area (Å²) in [5.74, 6) is -0.381. The molecule has 6 nitrogen and oxygen atoms in total. The Morgan fingerprint density at radius 3 is 2.92 bits per heavy atom. The van der Waals surface area contributed by atoms with Crippen LogP contribution in [0.15, 0.2) is 42.7 Å². The number of benzene rings is 1. The molecular weight excluding hydrogens is 323 g/mol. The van der Waals surface area contributed by atoms with Gasteiger partial charge < -0.3 is 10.2 Å². The first-order valence-corrected chi connectivity index (χ1v) is 8.40. The van der Waals surface area contributed by atoms with Crippen LogP contribution in [0.2, 0.25) is 0 Å². The molecule has 2 amide bonds. The van der Waals surface area contributed by atoms with Crippen LogP contribution in [0.25, 0.3) is 0 Å². The predicted octanol–water partition coefficient (Wildman–Crippen LogP) is 1.37. The lowest BCUT2D eigenvalue weighted by Gasteiger charge is -2.28. The number of carbonyl (C=O) groups excluding carboxylic acids is 2. The lowest BCUT2D eigenvalue weighted by molar-refractivity contribution is -0.130. The molecule has 0 aliphatic carbocycles. The van der Waals surface area contributed by atoms with Crippen LogP contribution in [-0.4, -0.2) is 45.6 Å². The van der Waals surface area contributed by atoms with E-state index < -0.39 is 0 Å². The van der Waals surface area contributed by atoms with Crippen molar-refractivity contribution in [2.45, 2.75) is 31.8 Å². The van der Waals surface area contributed by atoms with Crippen molar-refractivity contribution in [1.29, 1.82) is 0 Å². The Bertz CT molecular complexity index is 732. The largest absolute Gasteiger partial charge is 0.352 e. The third-order valence-electron chi connectivity index (χ3n) is 4.31. The maximum absolute atomic E-state index is 13.4. The summed E-state index contributed by atoms with van der Waals surface area (Å²) in [6, 6.07) is 7.93. The molecule has 2 heterocycles. The van der Waals surface area contributed by atoms with Crippen molar-refractivity contribution in [2.24, 2.45) is 0 Å². The first-order valence-electron chi connectivity index (χ1n) is 8.40. The van der Waals surface area contributed by atoms with E-state index in [1.54, 1.807) is 29.4 Å². The summed E-state index contributed by atoms with van der Waals surface area (Å²) in [5.41, 5.74) is 0.811. The van der Waals surface area contributed by atoms with Gasteiger partial charge in [-0.25, -0.2) is 4.39 Å². The van der Waals surface area contributed by atoms with Crippen molar-refractivity contribution in [3.05, 3.63) is 54.1 Å². The molecule has 0 saturated carbocycles. The van der Waals surface area contributed by atoms with E-state index in [-0.39, 0.29) is 30.2 Å². The van der Waals surface area contributed by atoms with Crippen molar-refractivity contribution in [2.75, 3.05) is 13.1 Å². The summed E-state index contributed by atoms with van der Waals surface area (Å²) in [6.45, 7) is 1.14. The van der Waals surface area contributed by atoms with Crippen LogP contribution in [0.3, 0.4) is 0 Å². The minimum Gasteiger partial charge on any atom is -0.352 e. The number of halogens is 1. The van der Waals surface area contributed by atoms with Crippen LogP contribution in [0.4, 0.5) is 4.39 Å². The number of amides is 2. The van der Waals surface area contributed by atoms with E-state index in [0.717, 1.165) is 12.0 Å². The summed E-state index contributed by atoms with van der Waals surface area (Å²) in [4.78, 5) is 26.0. The maximum atomic E-state index is 13.4. The molecule has 1 unspecified atom stereocenters. The van der Waals surface area contributed by atoms with Gasteiger partial charge in [-0.3, -0.25) is 14.3 Å². The van der Waals surface area contributed by atoms with Crippen LogP contribution >= 0.6 is 0 Å². The second-order valence-electron chi connectivity index (χ2n) is 6.19. The van der Waals surface area contributed by atoms with Crippen LogP contribution < -0.4 is 5.32 Å². The molecule has 2 aromatic rings. The van der Waals surface area contributed by atoms with Gasteiger partial charge in [0.1, 0.15) is 12.4 Å². The highest BCUT2D eigenvalue weighted by molar-refractivity contribution is 5.79. The van der Waals surface area contributed by atoms with Crippen molar-refractivity contribution in [1.82, 2.24) is 20.0 Å². The summed E-state index contributed by atoms with van der Waals surface area (Å²) in [7, 11) is 0. The van der Waals surface area contributed by atoms with E-state index in [4.69, 9.17) is 0 Å². The van der Waals surface area contributed by atoms with Gasteiger partial charge in [0.05, 0.1) is 6.04 Å². The molecule has 1 fully saturated rings. The third-order valence-corrected chi connectivity index (χ3v) is 4.31.